The lowest BCUT2D eigenvalue weighted by molar-refractivity contribution is 0.0889. The molecule has 0 N–H and O–H groups in total. The van der Waals surface area contributed by atoms with Crippen molar-refractivity contribution >= 4 is 0 Å². The van der Waals surface area contributed by atoms with Gasteiger partial charge in [0.2, 0.25) is 0 Å². The van der Waals surface area contributed by atoms with Gasteiger partial charge >= 0.3 is 0 Å². The molecule has 0 aliphatic carbocycles. The lowest BCUT2D eigenvalue weighted by Gasteiger charge is -2.43. The number of pyridine rings is 1. The molecule has 3 aliphatic rings. The zero-order chi connectivity index (χ0) is 23.2. The minimum absolute atomic E-state index is 0.389. The Labute approximate surface area is 207 Å². The first-order valence-corrected chi connectivity index (χ1v) is 12.9. The predicted molar refractivity (Wildman–Crippen MR) is 140 cm³/mol. The quantitative estimate of drug-likeness (QED) is 0.318. The number of piperidine rings is 1. The molecule has 174 valence electrons. The van der Waals surface area contributed by atoms with Gasteiger partial charge in [0.25, 0.3) is 0 Å². The van der Waals surface area contributed by atoms with Crippen LogP contribution in [0.3, 0.4) is 0 Å². The maximum Gasteiger partial charge on any atom is 0.131 e. The molecule has 7 rings (SSSR count). The van der Waals surface area contributed by atoms with Gasteiger partial charge < -0.3 is 4.74 Å². The smallest absolute Gasteiger partial charge is 0.131 e. The molecule has 35 heavy (non-hydrogen) atoms. The van der Waals surface area contributed by atoms with Gasteiger partial charge in [-0.25, -0.2) is 0 Å². The van der Waals surface area contributed by atoms with E-state index in [1.54, 1.807) is 0 Å². The van der Waals surface area contributed by atoms with Crippen LogP contribution in [-0.2, 0) is 6.54 Å². The number of rotatable bonds is 4. The van der Waals surface area contributed by atoms with Gasteiger partial charge in [-0.05, 0) is 60.9 Å². The second-order valence-corrected chi connectivity index (χ2v) is 10.4. The van der Waals surface area contributed by atoms with Crippen molar-refractivity contribution in [2.75, 3.05) is 0 Å². The molecule has 0 saturated carbocycles. The van der Waals surface area contributed by atoms with Crippen molar-refractivity contribution in [1.29, 1.82) is 0 Å². The van der Waals surface area contributed by atoms with E-state index in [1.807, 2.05) is 18.5 Å². The van der Waals surface area contributed by atoms with Crippen LogP contribution in [0, 0.1) is 5.92 Å². The Bertz CT molecular complexity index is 1320. The number of benzene rings is 3. The van der Waals surface area contributed by atoms with E-state index in [1.165, 1.54) is 42.4 Å². The molecule has 2 bridgehead atoms. The fourth-order valence-corrected chi connectivity index (χ4v) is 6.86. The molecule has 3 aromatic carbocycles. The molecule has 4 heterocycles. The van der Waals surface area contributed by atoms with Crippen LogP contribution in [-0.4, -0.2) is 22.0 Å². The molecule has 4 aromatic rings. The molecular formula is C32H30N2O. The first-order chi connectivity index (χ1) is 17.3. The third kappa shape index (κ3) is 3.75. The second-order valence-electron chi connectivity index (χ2n) is 10.4. The first-order valence-electron chi connectivity index (χ1n) is 12.9. The molecule has 3 unspecified atom stereocenters. The SMILES string of the molecule is c1ccc(CN2C3CCC2CC(C2c4ccccc4Oc4cc(-c5cccnc5)ccc42)C3)cc1. The van der Waals surface area contributed by atoms with Gasteiger partial charge in [-0.15, -0.1) is 0 Å². The Balaban J connectivity index is 1.22. The maximum absolute atomic E-state index is 6.50. The lowest BCUT2D eigenvalue weighted by atomic mass is 9.72. The summed E-state index contributed by atoms with van der Waals surface area (Å²) in [4.78, 5) is 7.11. The average molecular weight is 459 g/mol. The van der Waals surface area contributed by atoms with Gasteiger partial charge in [0.05, 0.1) is 0 Å². The summed E-state index contributed by atoms with van der Waals surface area (Å²) < 4.78 is 6.50. The van der Waals surface area contributed by atoms with Crippen LogP contribution in [0.2, 0.25) is 0 Å². The second kappa shape index (κ2) is 8.66. The van der Waals surface area contributed by atoms with Crippen molar-refractivity contribution in [2.24, 2.45) is 5.92 Å². The number of fused-ring (bicyclic) bond motifs is 4. The number of nitrogens with zero attached hydrogens (tertiary/aromatic N) is 2. The summed E-state index contributed by atoms with van der Waals surface area (Å²) in [5, 5.41) is 0. The van der Waals surface area contributed by atoms with Gasteiger partial charge in [-0.2, -0.15) is 0 Å². The van der Waals surface area contributed by atoms with Gasteiger partial charge in [0, 0.05) is 53.6 Å². The number of hydrogen-bond acceptors (Lipinski definition) is 3. The number of para-hydroxylation sites is 1. The van der Waals surface area contributed by atoms with Gasteiger partial charge in [0.15, 0.2) is 0 Å². The van der Waals surface area contributed by atoms with Crippen LogP contribution in [0.15, 0.2) is 97.3 Å². The molecule has 0 amide bonds. The summed E-state index contributed by atoms with van der Waals surface area (Å²) in [5.74, 6) is 3.05. The summed E-state index contributed by atoms with van der Waals surface area (Å²) in [7, 11) is 0. The van der Waals surface area contributed by atoms with Crippen LogP contribution in [0.4, 0.5) is 0 Å². The van der Waals surface area contributed by atoms with E-state index in [4.69, 9.17) is 4.74 Å². The molecule has 3 nitrogen and oxygen atoms in total. The number of aromatic nitrogens is 1. The van der Waals surface area contributed by atoms with Gasteiger partial charge in [-0.1, -0.05) is 66.7 Å². The zero-order valence-electron chi connectivity index (χ0n) is 19.9. The molecule has 2 saturated heterocycles. The van der Waals surface area contributed by atoms with E-state index < -0.39 is 0 Å². The Morgan fingerprint density at radius 1 is 0.743 bits per heavy atom. The van der Waals surface area contributed by atoms with E-state index in [0.29, 0.717) is 23.9 Å². The summed E-state index contributed by atoms with van der Waals surface area (Å²) in [6.45, 7) is 1.08. The Hall–Kier alpha value is -3.43. The third-order valence-corrected chi connectivity index (χ3v) is 8.42. The molecular weight excluding hydrogens is 428 g/mol. The predicted octanol–water partition coefficient (Wildman–Crippen LogP) is 7.43. The highest BCUT2D eigenvalue weighted by Gasteiger charge is 2.45. The van der Waals surface area contributed by atoms with Crippen molar-refractivity contribution in [1.82, 2.24) is 9.88 Å². The molecule has 0 spiro atoms. The molecule has 3 atom stereocenters. The van der Waals surface area contributed by atoms with Crippen molar-refractivity contribution in [3.05, 3.63) is 114 Å². The van der Waals surface area contributed by atoms with Gasteiger partial charge in [-0.3, -0.25) is 9.88 Å². The monoisotopic (exact) mass is 458 g/mol. The van der Waals surface area contributed by atoms with Crippen LogP contribution in [0.5, 0.6) is 11.5 Å². The molecule has 0 radical (unpaired) electrons. The minimum atomic E-state index is 0.389. The van der Waals surface area contributed by atoms with E-state index in [2.05, 4.69) is 88.7 Å². The van der Waals surface area contributed by atoms with E-state index in [9.17, 15) is 0 Å². The highest BCUT2D eigenvalue weighted by Crippen LogP contribution is 2.53. The Morgan fingerprint density at radius 3 is 2.31 bits per heavy atom. The van der Waals surface area contributed by atoms with Crippen LogP contribution in [0.1, 0.15) is 48.3 Å². The van der Waals surface area contributed by atoms with E-state index in [0.717, 1.165) is 29.2 Å². The summed E-state index contributed by atoms with van der Waals surface area (Å²) in [6, 6.07) is 31.9. The zero-order valence-corrected chi connectivity index (χ0v) is 19.9. The molecule has 2 fully saturated rings. The highest BCUT2D eigenvalue weighted by atomic mass is 16.5. The molecule has 1 aromatic heterocycles. The number of ether oxygens (including phenoxy) is 1. The van der Waals surface area contributed by atoms with Crippen molar-refractivity contribution < 1.29 is 4.74 Å². The van der Waals surface area contributed by atoms with Crippen LogP contribution < -0.4 is 4.74 Å². The number of hydrogen-bond donors (Lipinski definition) is 0. The molecule has 3 aliphatic heterocycles. The fraction of sp³-hybridized carbons (Fsp3) is 0.281. The van der Waals surface area contributed by atoms with Crippen LogP contribution >= 0.6 is 0 Å². The van der Waals surface area contributed by atoms with Gasteiger partial charge in [0.1, 0.15) is 11.5 Å². The summed E-state index contributed by atoms with van der Waals surface area (Å²) in [5.41, 5.74) is 6.43. The van der Waals surface area contributed by atoms with Crippen LogP contribution in [0.25, 0.3) is 11.1 Å². The third-order valence-electron chi connectivity index (χ3n) is 8.42. The first kappa shape index (κ1) is 20.9. The lowest BCUT2D eigenvalue weighted by Crippen LogP contribution is -2.43. The summed E-state index contributed by atoms with van der Waals surface area (Å²) >= 11 is 0. The summed E-state index contributed by atoms with van der Waals surface area (Å²) in [6.07, 6.45) is 8.91. The topological polar surface area (TPSA) is 25.4 Å². The molecule has 3 heteroatoms. The Kier molecular flexibility index (Phi) is 5.17. The largest absolute Gasteiger partial charge is 0.457 e. The minimum Gasteiger partial charge on any atom is -0.457 e. The Morgan fingerprint density at radius 2 is 1.51 bits per heavy atom. The van der Waals surface area contributed by atoms with Crippen molar-refractivity contribution in [3.63, 3.8) is 0 Å². The van der Waals surface area contributed by atoms with E-state index >= 15 is 0 Å². The van der Waals surface area contributed by atoms with Crippen molar-refractivity contribution in [2.45, 2.75) is 50.2 Å². The van der Waals surface area contributed by atoms with E-state index in [-0.39, 0.29) is 0 Å². The average Bonchev–Trinajstić information content (AvgIpc) is 3.14. The normalized spacial score (nSPS) is 24.9. The fourth-order valence-electron chi connectivity index (χ4n) is 6.86. The van der Waals surface area contributed by atoms with Crippen molar-refractivity contribution in [3.8, 4) is 22.6 Å². The standard InChI is InChI=1S/C32H30N2O/c1-2-7-22(8-3-1)21-34-26-13-14-27(34)18-25(17-26)32-28-10-4-5-11-30(28)35-31-19-23(12-15-29(31)32)24-9-6-16-33-20-24/h1-12,15-16,19-20,25-27,32H,13-14,17-18,21H2. The maximum atomic E-state index is 6.50. The highest BCUT2D eigenvalue weighted by molar-refractivity contribution is 5.67.